The lowest BCUT2D eigenvalue weighted by Crippen LogP contribution is -2.16. The molecule has 0 radical (unpaired) electrons. The maximum atomic E-state index is 5.90. The molecule has 2 heterocycles. The average Bonchev–Trinajstić information content (AvgIpc) is 2.91. The molecule has 98 valence electrons. The van der Waals surface area contributed by atoms with Crippen LogP contribution in [0.25, 0.3) is 0 Å². The van der Waals surface area contributed by atoms with Crippen LogP contribution in [0.3, 0.4) is 0 Å². The van der Waals surface area contributed by atoms with Gasteiger partial charge >= 0.3 is 0 Å². The molecule has 0 saturated carbocycles. The van der Waals surface area contributed by atoms with Crippen LogP contribution in [0.4, 0.5) is 0 Å². The molecular weight excluding hydrogens is 266 g/mol. The number of hydrogen-bond acceptors (Lipinski definition) is 3. The average molecular weight is 284 g/mol. The van der Waals surface area contributed by atoms with Gasteiger partial charge in [0.15, 0.2) is 0 Å². The summed E-state index contributed by atoms with van der Waals surface area (Å²) in [5.41, 5.74) is 2.48. The number of hydrogen-bond donors (Lipinski definition) is 1. The van der Waals surface area contributed by atoms with E-state index in [9.17, 15) is 0 Å². The van der Waals surface area contributed by atoms with E-state index in [0.717, 1.165) is 30.3 Å². The molecule has 0 spiro atoms. The van der Waals surface area contributed by atoms with E-state index >= 15 is 0 Å². The quantitative estimate of drug-likeness (QED) is 0.826. The van der Waals surface area contributed by atoms with Crippen molar-refractivity contribution >= 4 is 22.9 Å². The van der Waals surface area contributed by atoms with Crippen LogP contribution < -0.4 is 5.32 Å². The van der Waals surface area contributed by atoms with Gasteiger partial charge in [0, 0.05) is 36.8 Å². The van der Waals surface area contributed by atoms with Crippen LogP contribution in [0.15, 0.2) is 18.3 Å². The molecule has 0 amide bonds. The summed E-state index contributed by atoms with van der Waals surface area (Å²) in [5.74, 6) is 0. The molecule has 0 aliphatic heterocycles. The number of aromatic nitrogens is 2. The lowest BCUT2D eigenvalue weighted by atomic mass is 10.2. The van der Waals surface area contributed by atoms with Crippen molar-refractivity contribution in [3.8, 4) is 0 Å². The SMILES string of the molecule is CCc1nn(C)cc1CNCCc1ccc(Cl)s1. The topological polar surface area (TPSA) is 29.9 Å². The predicted octanol–water partition coefficient (Wildman–Crippen LogP) is 3.03. The van der Waals surface area contributed by atoms with Crippen LogP contribution in [-0.2, 0) is 26.4 Å². The molecular formula is C13H18ClN3S. The summed E-state index contributed by atoms with van der Waals surface area (Å²) in [5, 5.41) is 7.89. The van der Waals surface area contributed by atoms with Crippen molar-refractivity contribution in [1.29, 1.82) is 0 Å². The first kappa shape index (κ1) is 13.6. The zero-order chi connectivity index (χ0) is 13.0. The van der Waals surface area contributed by atoms with Crippen LogP contribution in [0, 0.1) is 0 Å². The van der Waals surface area contributed by atoms with E-state index in [0.29, 0.717) is 0 Å². The van der Waals surface area contributed by atoms with E-state index in [-0.39, 0.29) is 0 Å². The van der Waals surface area contributed by atoms with E-state index in [2.05, 4.69) is 29.6 Å². The van der Waals surface area contributed by atoms with Crippen molar-refractivity contribution in [2.45, 2.75) is 26.3 Å². The van der Waals surface area contributed by atoms with E-state index < -0.39 is 0 Å². The van der Waals surface area contributed by atoms with Gasteiger partial charge in [-0.05, 0) is 25.0 Å². The molecule has 1 N–H and O–H groups in total. The van der Waals surface area contributed by atoms with E-state index in [1.165, 1.54) is 16.1 Å². The molecule has 0 unspecified atom stereocenters. The van der Waals surface area contributed by atoms with Gasteiger partial charge in [-0.25, -0.2) is 0 Å². The summed E-state index contributed by atoms with van der Waals surface area (Å²) in [6.07, 6.45) is 4.10. The van der Waals surface area contributed by atoms with Crippen LogP contribution in [-0.4, -0.2) is 16.3 Å². The molecule has 0 aliphatic carbocycles. The monoisotopic (exact) mass is 283 g/mol. The van der Waals surface area contributed by atoms with Crippen molar-refractivity contribution < 1.29 is 0 Å². The zero-order valence-corrected chi connectivity index (χ0v) is 12.3. The van der Waals surface area contributed by atoms with Gasteiger partial charge in [0.2, 0.25) is 0 Å². The van der Waals surface area contributed by atoms with E-state index in [1.807, 2.05) is 17.8 Å². The summed E-state index contributed by atoms with van der Waals surface area (Å²) in [4.78, 5) is 1.33. The smallest absolute Gasteiger partial charge is 0.0931 e. The summed E-state index contributed by atoms with van der Waals surface area (Å²) in [7, 11) is 1.97. The standard InChI is InChI=1S/C13H18ClN3S/c1-3-12-10(9-17(2)16-12)8-15-7-6-11-4-5-13(14)18-11/h4-5,9,15H,3,6-8H2,1-2H3. The Hall–Kier alpha value is -0.840. The highest BCUT2D eigenvalue weighted by Gasteiger charge is 2.05. The highest BCUT2D eigenvalue weighted by atomic mass is 35.5. The number of nitrogens with one attached hydrogen (secondary N) is 1. The Morgan fingerprint density at radius 3 is 2.94 bits per heavy atom. The van der Waals surface area contributed by atoms with Gasteiger partial charge in [0.05, 0.1) is 10.0 Å². The summed E-state index contributed by atoms with van der Waals surface area (Å²) in [6, 6.07) is 4.05. The molecule has 0 bridgehead atoms. The molecule has 0 atom stereocenters. The first-order chi connectivity index (χ1) is 8.69. The van der Waals surface area contributed by atoms with Gasteiger partial charge in [-0.3, -0.25) is 4.68 Å². The number of halogens is 1. The van der Waals surface area contributed by atoms with Crippen LogP contribution in [0.1, 0.15) is 23.1 Å². The first-order valence-electron chi connectivity index (χ1n) is 6.15. The third-order valence-corrected chi connectivity index (χ3v) is 4.11. The summed E-state index contributed by atoms with van der Waals surface area (Å²) < 4.78 is 2.75. The molecule has 3 nitrogen and oxygen atoms in total. The van der Waals surface area contributed by atoms with Gasteiger partial charge in [-0.15, -0.1) is 11.3 Å². The van der Waals surface area contributed by atoms with E-state index in [4.69, 9.17) is 11.6 Å². The normalized spacial score (nSPS) is 11.1. The van der Waals surface area contributed by atoms with Gasteiger partial charge in [0.25, 0.3) is 0 Å². The summed E-state index contributed by atoms with van der Waals surface area (Å²) in [6.45, 7) is 3.99. The fraction of sp³-hybridized carbons (Fsp3) is 0.462. The first-order valence-corrected chi connectivity index (χ1v) is 7.34. The Kier molecular flexibility index (Phi) is 4.80. The Morgan fingerprint density at radius 1 is 1.44 bits per heavy atom. The highest BCUT2D eigenvalue weighted by molar-refractivity contribution is 7.16. The lowest BCUT2D eigenvalue weighted by molar-refractivity contribution is 0.686. The van der Waals surface area contributed by atoms with Crippen LogP contribution in [0.5, 0.6) is 0 Å². The molecule has 2 rings (SSSR count). The van der Waals surface area contributed by atoms with Crippen molar-refractivity contribution in [2.75, 3.05) is 6.54 Å². The molecule has 2 aromatic heterocycles. The Bertz CT molecular complexity index is 504. The second kappa shape index (κ2) is 6.36. The Morgan fingerprint density at radius 2 is 2.28 bits per heavy atom. The Labute approximate surface area is 117 Å². The second-order valence-electron chi connectivity index (χ2n) is 4.26. The minimum absolute atomic E-state index is 0.866. The van der Waals surface area contributed by atoms with Gasteiger partial charge in [-0.1, -0.05) is 18.5 Å². The lowest BCUT2D eigenvalue weighted by Gasteiger charge is -2.03. The third kappa shape index (κ3) is 3.57. The second-order valence-corrected chi connectivity index (χ2v) is 6.06. The molecule has 0 aliphatic rings. The molecule has 5 heteroatoms. The molecule has 0 aromatic carbocycles. The maximum absolute atomic E-state index is 5.90. The van der Waals surface area contributed by atoms with Crippen molar-refractivity contribution in [3.63, 3.8) is 0 Å². The fourth-order valence-corrected chi connectivity index (χ4v) is 3.04. The largest absolute Gasteiger partial charge is 0.312 e. The zero-order valence-electron chi connectivity index (χ0n) is 10.7. The highest BCUT2D eigenvalue weighted by Crippen LogP contribution is 2.21. The number of thiophene rings is 1. The Balaban J connectivity index is 1.78. The molecule has 18 heavy (non-hydrogen) atoms. The molecule has 2 aromatic rings. The van der Waals surface area contributed by atoms with Gasteiger partial charge < -0.3 is 5.32 Å². The maximum Gasteiger partial charge on any atom is 0.0931 e. The van der Waals surface area contributed by atoms with E-state index in [1.54, 1.807) is 11.3 Å². The third-order valence-electron chi connectivity index (χ3n) is 2.82. The van der Waals surface area contributed by atoms with Gasteiger partial charge in [-0.2, -0.15) is 5.10 Å². The number of nitrogens with zero attached hydrogens (tertiary/aromatic N) is 2. The molecule has 0 fully saturated rings. The minimum atomic E-state index is 0.866. The predicted molar refractivity (Wildman–Crippen MR) is 77.3 cm³/mol. The van der Waals surface area contributed by atoms with Gasteiger partial charge in [0.1, 0.15) is 0 Å². The fourth-order valence-electron chi connectivity index (χ4n) is 1.95. The van der Waals surface area contributed by atoms with Crippen molar-refractivity contribution in [3.05, 3.63) is 38.8 Å². The number of rotatable bonds is 6. The van der Waals surface area contributed by atoms with Crippen LogP contribution in [0.2, 0.25) is 4.34 Å². The molecule has 0 saturated heterocycles. The summed E-state index contributed by atoms with van der Waals surface area (Å²) >= 11 is 7.55. The minimum Gasteiger partial charge on any atom is -0.312 e. The van der Waals surface area contributed by atoms with Crippen molar-refractivity contribution in [1.82, 2.24) is 15.1 Å². The van der Waals surface area contributed by atoms with Crippen LogP contribution >= 0.6 is 22.9 Å². The van der Waals surface area contributed by atoms with Crippen molar-refractivity contribution in [2.24, 2.45) is 7.05 Å². The number of aryl methyl sites for hydroxylation is 2.